The molecule has 2 aromatic carbocycles. The minimum atomic E-state index is -3.74. The molecule has 7 nitrogen and oxygen atoms in total. The van der Waals surface area contributed by atoms with Crippen LogP contribution in [-0.2, 0) is 10.0 Å². The van der Waals surface area contributed by atoms with Gasteiger partial charge in [0.15, 0.2) is 0 Å². The highest BCUT2D eigenvalue weighted by atomic mass is 35.5. The van der Waals surface area contributed by atoms with Crippen molar-refractivity contribution >= 4 is 33.2 Å². The topological polar surface area (TPSA) is 93.7 Å². The Balaban J connectivity index is 2.31. The van der Waals surface area contributed by atoms with Crippen molar-refractivity contribution in [2.45, 2.75) is 4.90 Å². The number of sulfonamides is 1. The number of amides is 1. The van der Waals surface area contributed by atoms with Crippen LogP contribution < -0.4 is 19.5 Å². The second-order valence-corrected chi connectivity index (χ2v) is 7.48. The lowest BCUT2D eigenvalue weighted by Crippen LogP contribution is -2.24. The predicted octanol–water partition coefficient (Wildman–Crippen LogP) is 3.07. The number of nitrogens with one attached hydrogen (secondary N) is 2. The Kier molecular flexibility index (Phi) is 6.84. The van der Waals surface area contributed by atoms with Crippen LogP contribution in [-0.4, -0.2) is 35.1 Å². The van der Waals surface area contributed by atoms with Gasteiger partial charge in [0.2, 0.25) is 10.0 Å². The molecule has 144 valence electrons. The van der Waals surface area contributed by atoms with Crippen LogP contribution in [0.4, 0.5) is 5.69 Å². The van der Waals surface area contributed by atoms with E-state index in [4.69, 9.17) is 21.1 Å². The molecule has 0 radical (unpaired) electrons. The SMILES string of the molecule is C=CCNS(=O)(=O)c1cccc(C(=O)Nc2cc(Cl)c(OC)cc2OC)c1. The monoisotopic (exact) mass is 410 g/mol. The van der Waals surface area contributed by atoms with Gasteiger partial charge < -0.3 is 14.8 Å². The summed E-state index contributed by atoms with van der Waals surface area (Å²) in [4.78, 5) is 12.5. The van der Waals surface area contributed by atoms with Crippen molar-refractivity contribution in [3.8, 4) is 11.5 Å². The Bertz CT molecular complexity index is 960. The Labute approximate surface area is 163 Å². The summed E-state index contributed by atoms with van der Waals surface area (Å²) in [6.45, 7) is 3.55. The van der Waals surface area contributed by atoms with Gasteiger partial charge in [-0.3, -0.25) is 4.79 Å². The standard InChI is InChI=1S/C18H19ClN2O5S/c1-4-8-20-27(23,24)13-7-5-6-12(9-13)18(22)21-15-10-14(19)16(25-2)11-17(15)26-3/h4-7,9-11,20H,1,8H2,2-3H3,(H,21,22). The molecule has 27 heavy (non-hydrogen) atoms. The van der Waals surface area contributed by atoms with E-state index in [-0.39, 0.29) is 17.0 Å². The zero-order valence-corrected chi connectivity index (χ0v) is 16.4. The Hall–Kier alpha value is -2.55. The molecule has 0 atom stereocenters. The lowest BCUT2D eigenvalue weighted by atomic mass is 10.2. The number of anilines is 1. The van der Waals surface area contributed by atoms with Gasteiger partial charge in [-0.2, -0.15) is 0 Å². The first-order valence-electron chi connectivity index (χ1n) is 7.76. The van der Waals surface area contributed by atoms with E-state index in [2.05, 4.69) is 16.6 Å². The largest absolute Gasteiger partial charge is 0.495 e. The average molecular weight is 411 g/mol. The van der Waals surface area contributed by atoms with Crippen molar-refractivity contribution in [2.24, 2.45) is 0 Å². The van der Waals surface area contributed by atoms with Gasteiger partial charge in [0.1, 0.15) is 11.5 Å². The predicted molar refractivity (Wildman–Crippen MR) is 104 cm³/mol. The van der Waals surface area contributed by atoms with E-state index in [0.29, 0.717) is 22.2 Å². The van der Waals surface area contributed by atoms with E-state index in [0.717, 1.165) is 0 Å². The second kappa shape index (κ2) is 8.90. The third-order valence-corrected chi connectivity index (χ3v) is 5.26. The minimum Gasteiger partial charge on any atom is -0.495 e. The fourth-order valence-electron chi connectivity index (χ4n) is 2.21. The molecule has 0 aliphatic carbocycles. The first-order chi connectivity index (χ1) is 12.8. The molecule has 0 bridgehead atoms. The second-order valence-electron chi connectivity index (χ2n) is 5.31. The maximum absolute atomic E-state index is 12.6. The van der Waals surface area contributed by atoms with Gasteiger partial charge >= 0.3 is 0 Å². The lowest BCUT2D eigenvalue weighted by Gasteiger charge is -2.13. The molecule has 0 spiro atoms. The summed E-state index contributed by atoms with van der Waals surface area (Å²) in [7, 11) is -0.839. The van der Waals surface area contributed by atoms with E-state index >= 15 is 0 Å². The van der Waals surface area contributed by atoms with Gasteiger partial charge in [0.25, 0.3) is 5.91 Å². The van der Waals surface area contributed by atoms with Gasteiger partial charge in [0, 0.05) is 18.2 Å². The molecule has 0 heterocycles. The highest BCUT2D eigenvalue weighted by Crippen LogP contribution is 2.36. The van der Waals surface area contributed by atoms with Crippen LogP contribution in [0.15, 0.2) is 53.9 Å². The van der Waals surface area contributed by atoms with Crippen LogP contribution in [0.5, 0.6) is 11.5 Å². The van der Waals surface area contributed by atoms with E-state index in [1.807, 2.05) is 0 Å². The molecule has 0 aromatic heterocycles. The van der Waals surface area contributed by atoms with Crippen LogP contribution in [0.25, 0.3) is 0 Å². The molecule has 2 rings (SSSR count). The molecule has 0 aliphatic heterocycles. The molecule has 0 unspecified atom stereocenters. The van der Waals surface area contributed by atoms with Crippen molar-refractivity contribution in [3.05, 3.63) is 59.6 Å². The molecule has 9 heteroatoms. The molecule has 0 aliphatic rings. The highest BCUT2D eigenvalue weighted by molar-refractivity contribution is 7.89. The van der Waals surface area contributed by atoms with Crippen molar-refractivity contribution in [2.75, 3.05) is 26.1 Å². The number of benzene rings is 2. The Morgan fingerprint density at radius 2 is 1.89 bits per heavy atom. The van der Waals surface area contributed by atoms with E-state index in [9.17, 15) is 13.2 Å². The van der Waals surface area contributed by atoms with Gasteiger partial charge in [0.05, 0.1) is 29.8 Å². The molecule has 0 saturated carbocycles. The fraction of sp³-hybridized carbons (Fsp3) is 0.167. The third-order valence-electron chi connectivity index (χ3n) is 3.55. The maximum Gasteiger partial charge on any atom is 0.255 e. The molecule has 0 saturated heterocycles. The molecule has 0 fully saturated rings. The maximum atomic E-state index is 12.6. The zero-order chi connectivity index (χ0) is 20.0. The first kappa shape index (κ1) is 20.8. The molecule has 1 amide bonds. The van der Waals surface area contributed by atoms with E-state index in [1.165, 1.54) is 56.7 Å². The summed E-state index contributed by atoms with van der Waals surface area (Å²) in [5, 5.41) is 2.95. The fourth-order valence-corrected chi connectivity index (χ4v) is 3.49. The summed E-state index contributed by atoms with van der Waals surface area (Å²) < 4.78 is 37.1. The normalized spacial score (nSPS) is 10.9. The van der Waals surface area contributed by atoms with Crippen molar-refractivity contribution in [3.63, 3.8) is 0 Å². The number of halogens is 1. The highest BCUT2D eigenvalue weighted by Gasteiger charge is 2.17. The van der Waals surface area contributed by atoms with E-state index < -0.39 is 15.9 Å². The van der Waals surface area contributed by atoms with Crippen LogP contribution in [0, 0.1) is 0 Å². The summed E-state index contributed by atoms with van der Waals surface area (Å²) >= 11 is 6.09. The number of methoxy groups -OCH3 is 2. The van der Waals surface area contributed by atoms with Crippen LogP contribution in [0.2, 0.25) is 5.02 Å². The summed E-state index contributed by atoms with van der Waals surface area (Å²) in [5.74, 6) is 0.226. The molecular formula is C18H19ClN2O5S. The summed E-state index contributed by atoms with van der Waals surface area (Å²) in [6, 6.07) is 8.68. The van der Waals surface area contributed by atoms with Gasteiger partial charge in [-0.15, -0.1) is 6.58 Å². The molecular weight excluding hydrogens is 392 g/mol. The van der Waals surface area contributed by atoms with Gasteiger partial charge in [-0.1, -0.05) is 23.7 Å². The van der Waals surface area contributed by atoms with Crippen molar-refractivity contribution in [1.29, 1.82) is 0 Å². The van der Waals surface area contributed by atoms with E-state index in [1.54, 1.807) is 0 Å². The van der Waals surface area contributed by atoms with Crippen molar-refractivity contribution in [1.82, 2.24) is 4.72 Å². The quantitative estimate of drug-likeness (QED) is 0.652. The van der Waals surface area contributed by atoms with Crippen molar-refractivity contribution < 1.29 is 22.7 Å². The average Bonchev–Trinajstić information content (AvgIpc) is 2.66. The zero-order valence-electron chi connectivity index (χ0n) is 14.8. The minimum absolute atomic E-state index is 0.0308. The number of rotatable bonds is 8. The Morgan fingerprint density at radius 1 is 1.19 bits per heavy atom. The van der Waals surface area contributed by atoms with Crippen LogP contribution >= 0.6 is 11.6 Å². The number of ether oxygens (including phenoxy) is 2. The van der Waals surface area contributed by atoms with Crippen LogP contribution in [0.3, 0.4) is 0 Å². The number of carbonyl (C=O) groups excluding carboxylic acids is 1. The number of hydrogen-bond donors (Lipinski definition) is 2. The first-order valence-corrected chi connectivity index (χ1v) is 9.62. The van der Waals surface area contributed by atoms with Crippen LogP contribution in [0.1, 0.15) is 10.4 Å². The summed E-state index contributed by atoms with van der Waals surface area (Å²) in [6.07, 6.45) is 1.42. The van der Waals surface area contributed by atoms with Gasteiger partial charge in [-0.05, 0) is 24.3 Å². The lowest BCUT2D eigenvalue weighted by molar-refractivity contribution is 0.102. The Morgan fingerprint density at radius 3 is 2.52 bits per heavy atom. The third kappa shape index (κ3) is 5.00. The molecule has 2 aromatic rings. The van der Waals surface area contributed by atoms with Gasteiger partial charge in [-0.25, -0.2) is 13.1 Å². The number of hydrogen-bond acceptors (Lipinski definition) is 5. The summed E-state index contributed by atoms with van der Waals surface area (Å²) in [5.41, 5.74) is 0.483. The molecule has 2 N–H and O–H groups in total. The smallest absolute Gasteiger partial charge is 0.255 e. The number of carbonyl (C=O) groups is 1.